The number of rotatable bonds is 3. The standard InChI is InChI=1S/C20H15BrN2O2S/c1-22-12-14(16-4-2-3-5-17(16)22)10-18-19(24)23(20(25)26-18)11-13-6-8-15(21)9-7-13/h2-10,12H,11H2,1H3/b18-10-. The number of aryl methyl sites for hydroxylation is 1. The number of para-hydroxylation sites is 1. The molecule has 6 heteroatoms. The molecule has 1 saturated heterocycles. The van der Waals surface area contributed by atoms with Gasteiger partial charge in [0.05, 0.1) is 11.4 Å². The topological polar surface area (TPSA) is 42.3 Å². The number of amides is 2. The lowest BCUT2D eigenvalue weighted by molar-refractivity contribution is -0.123. The quantitative estimate of drug-likeness (QED) is 0.541. The van der Waals surface area contributed by atoms with Gasteiger partial charge in [0.25, 0.3) is 11.1 Å². The summed E-state index contributed by atoms with van der Waals surface area (Å²) in [5, 5.41) is 0.833. The molecule has 1 aliphatic heterocycles. The molecule has 4 rings (SSSR count). The molecule has 2 aromatic carbocycles. The van der Waals surface area contributed by atoms with Crippen molar-refractivity contribution in [3.05, 3.63) is 75.2 Å². The minimum atomic E-state index is -0.240. The van der Waals surface area contributed by atoms with E-state index < -0.39 is 0 Å². The minimum absolute atomic E-state index is 0.232. The highest BCUT2D eigenvalue weighted by Crippen LogP contribution is 2.34. The highest BCUT2D eigenvalue weighted by atomic mass is 79.9. The van der Waals surface area contributed by atoms with Crippen LogP contribution in [0.2, 0.25) is 0 Å². The Labute approximate surface area is 163 Å². The number of hydrogen-bond donors (Lipinski definition) is 0. The number of hydrogen-bond acceptors (Lipinski definition) is 3. The fourth-order valence-corrected chi connectivity index (χ4v) is 4.13. The Morgan fingerprint density at radius 2 is 1.81 bits per heavy atom. The summed E-state index contributed by atoms with van der Waals surface area (Å²) in [5.74, 6) is -0.240. The average molecular weight is 427 g/mol. The molecule has 0 bridgehead atoms. The average Bonchev–Trinajstić information content (AvgIpc) is 3.09. The first kappa shape index (κ1) is 17.1. The number of fused-ring (bicyclic) bond motifs is 1. The van der Waals surface area contributed by atoms with Gasteiger partial charge >= 0.3 is 0 Å². The van der Waals surface area contributed by atoms with Crippen LogP contribution in [0.15, 0.2) is 64.1 Å². The minimum Gasteiger partial charge on any atom is -0.350 e. The molecule has 0 radical (unpaired) electrons. The van der Waals surface area contributed by atoms with E-state index in [2.05, 4.69) is 15.9 Å². The first-order valence-corrected chi connectivity index (χ1v) is 9.68. The Bertz CT molecular complexity index is 1050. The summed E-state index contributed by atoms with van der Waals surface area (Å²) in [5.41, 5.74) is 2.95. The van der Waals surface area contributed by atoms with Crippen LogP contribution >= 0.6 is 27.7 Å². The molecule has 0 spiro atoms. The van der Waals surface area contributed by atoms with Gasteiger partial charge in [-0.1, -0.05) is 46.3 Å². The van der Waals surface area contributed by atoms with Gasteiger partial charge in [0.15, 0.2) is 0 Å². The molecule has 26 heavy (non-hydrogen) atoms. The third-order valence-electron chi connectivity index (χ3n) is 4.34. The highest BCUT2D eigenvalue weighted by molar-refractivity contribution is 9.10. The van der Waals surface area contributed by atoms with E-state index in [0.29, 0.717) is 4.91 Å². The summed E-state index contributed by atoms with van der Waals surface area (Å²) >= 11 is 4.38. The SMILES string of the molecule is Cn1cc(/C=C2\SC(=O)N(Cc3ccc(Br)cc3)C2=O)c2ccccc21. The lowest BCUT2D eigenvalue weighted by Crippen LogP contribution is -2.27. The zero-order valence-electron chi connectivity index (χ0n) is 14.0. The van der Waals surface area contributed by atoms with E-state index in [1.165, 1.54) is 4.90 Å². The second-order valence-electron chi connectivity index (χ2n) is 6.11. The van der Waals surface area contributed by atoms with Gasteiger partial charge in [-0.3, -0.25) is 14.5 Å². The van der Waals surface area contributed by atoms with Crippen LogP contribution in [-0.2, 0) is 18.4 Å². The van der Waals surface area contributed by atoms with E-state index >= 15 is 0 Å². The molecule has 0 unspecified atom stereocenters. The second kappa shape index (κ2) is 6.78. The molecular weight excluding hydrogens is 412 g/mol. The van der Waals surface area contributed by atoms with Crippen molar-refractivity contribution in [3.63, 3.8) is 0 Å². The van der Waals surface area contributed by atoms with Crippen LogP contribution in [0.25, 0.3) is 17.0 Å². The first-order valence-electron chi connectivity index (χ1n) is 8.07. The Balaban J connectivity index is 1.64. The summed E-state index contributed by atoms with van der Waals surface area (Å²) in [7, 11) is 1.97. The van der Waals surface area contributed by atoms with Crippen molar-refractivity contribution < 1.29 is 9.59 Å². The van der Waals surface area contributed by atoms with Crippen molar-refractivity contribution in [2.45, 2.75) is 6.54 Å². The molecule has 2 heterocycles. The predicted molar refractivity (Wildman–Crippen MR) is 109 cm³/mol. The summed E-state index contributed by atoms with van der Waals surface area (Å²) < 4.78 is 2.99. The molecule has 3 aromatic rings. The van der Waals surface area contributed by atoms with E-state index in [-0.39, 0.29) is 17.7 Å². The fourth-order valence-electron chi connectivity index (χ4n) is 3.04. The van der Waals surface area contributed by atoms with Gasteiger partial charge in [0.2, 0.25) is 0 Å². The zero-order valence-corrected chi connectivity index (χ0v) is 16.4. The van der Waals surface area contributed by atoms with Crippen LogP contribution in [0.5, 0.6) is 0 Å². The van der Waals surface area contributed by atoms with Gasteiger partial charge in [-0.05, 0) is 41.6 Å². The molecule has 130 valence electrons. The molecule has 1 fully saturated rings. The van der Waals surface area contributed by atoms with Crippen molar-refractivity contribution in [3.8, 4) is 0 Å². The largest absolute Gasteiger partial charge is 0.350 e. The molecule has 1 aromatic heterocycles. The van der Waals surface area contributed by atoms with Gasteiger partial charge in [-0.25, -0.2) is 0 Å². The molecule has 0 atom stereocenters. The number of carbonyl (C=O) groups is 2. The van der Waals surface area contributed by atoms with E-state index in [4.69, 9.17) is 0 Å². The van der Waals surface area contributed by atoms with E-state index in [1.807, 2.05) is 72.4 Å². The number of halogens is 1. The van der Waals surface area contributed by atoms with E-state index in [1.54, 1.807) is 0 Å². The Morgan fingerprint density at radius 3 is 2.58 bits per heavy atom. The number of aromatic nitrogens is 1. The summed E-state index contributed by atoms with van der Waals surface area (Å²) in [6.45, 7) is 0.283. The van der Waals surface area contributed by atoms with Crippen LogP contribution in [0.1, 0.15) is 11.1 Å². The molecular formula is C20H15BrN2O2S. The van der Waals surface area contributed by atoms with Crippen LogP contribution in [0.4, 0.5) is 4.79 Å². The van der Waals surface area contributed by atoms with E-state index in [0.717, 1.165) is 38.3 Å². The molecule has 0 N–H and O–H groups in total. The van der Waals surface area contributed by atoms with Gasteiger partial charge in [-0.15, -0.1) is 0 Å². The molecule has 0 saturated carbocycles. The maximum absolute atomic E-state index is 12.7. The Kier molecular flexibility index (Phi) is 4.46. The molecule has 4 nitrogen and oxygen atoms in total. The highest BCUT2D eigenvalue weighted by Gasteiger charge is 2.35. The number of imide groups is 1. The van der Waals surface area contributed by atoms with Crippen LogP contribution in [0, 0.1) is 0 Å². The van der Waals surface area contributed by atoms with Crippen molar-refractivity contribution in [2.75, 3.05) is 0 Å². The molecule has 2 amide bonds. The predicted octanol–water partition coefficient (Wildman–Crippen LogP) is 5.18. The van der Waals surface area contributed by atoms with Gasteiger partial charge in [-0.2, -0.15) is 0 Å². The van der Waals surface area contributed by atoms with Crippen molar-refractivity contribution in [1.82, 2.24) is 9.47 Å². The third-order valence-corrected chi connectivity index (χ3v) is 5.78. The molecule has 0 aliphatic carbocycles. The number of nitrogens with zero attached hydrogens (tertiary/aromatic N) is 2. The molecule has 1 aliphatic rings. The monoisotopic (exact) mass is 426 g/mol. The van der Waals surface area contributed by atoms with Crippen molar-refractivity contribution >= 4 is 55.8 Å². The number of carbonyl (C=O) groups excluding carboxylic acids is 2. The van der Waals surface area contributed by atoms with Crippen molar-refractivity contribution in [2.24, 2.45) is 7.05 Å². The lowest BCUT2D eigenvalue weighted by atomic mass is 10.1. The summed E-state index contributed by atoms with van der Waals surface area (Å²) in [6, 6.07) is 15.6. The van der Waals surface area contributed by atoms with Crippen LogP contribution in [-0.4, -0.2) is 20.6 Å². The zero-order chi connectivity index (χ0) is 18.3. The lowest BCUT2D eigenvalue weighted by Gasteiger charge is -2.12. The maximum atomic E-state index is 12.7. The second-order valence-corrected chi connectivity index (χ2v) is 8.02. The van der Waals surface area contributed by atoms with Crippen LogP contribution in [0.3, 0.4) is 0 Å². The smallest absolute Gasteiger partial charge is 0.293 e. The number of thioether (sulfide) groups is 1. The summed E-state index contributed by atoms with van der Waals surface area (Å²) in [4.78, 5) is 26.8. The van der Waals surface area contributed by atoms with Crippen LogP contribution < -0.4 is 0 Å². The summed E-state index contributed by atoms with van der Waals surface area (Å²) in [6.07, 6.45) is 3.79. The van der Waals surface area contributed by atoms with Gasteiger partial charge in [0, 0.05) is 34.2 Å². The number of benzene rings is 2. The Morgan fingerprint density at radius 1 is 1.08 bits per heavy atom. The Hall–Kier alpha value is -2.31. The van der Waals surface area contributed by atoms with E-state index in [9.17, 15) is 9.59 Å². The normalized spacial score (nSPS) is 16.2. The van der Waals surface area contributed by atoms with Gasteiger partial charge < -0.3 is 4.57 Å². The fraction of sp³-hybridized carbons (Fsp3) is 0.100. The first-order chi connectivity index (χ1) is 12.5. The van der Waals surface area contributed by atoms with Gasteiger partial charge in [0.1, 0.15) is 0 Å². The van der Waals surface area contributed by atoms with Crippen molar-refractivity contribution in [1.29, 1.82) is 0 Å². The third kappa shape index (κ3) is 3.10. The maximum Gasteiger partial charge on any atom is 0.293 e.